The molecule has 2 aromatic rings. The van der Waals surface area contributed by atoms with Gasteiger partial charge in [0.25, 0.3) is 0 Å². The Morgan fingerprint density at radius 3 is 2.26 bits per heavy atom. The van der Waals surface area contributed by atoms with E-state index in [0.29, 0.717) is 11.5 Å². The van der Waals surface area contributed by atoms with E-state index in [-0.39, 0.29) is 6.04 Å². The second kappa shape index (κ2) is 6.25. The van der Waals surface area contributed by atoms with Crippen molar-refractivity contribution in [2.45, 2.75) is 6.04 Å². The zero-order chi connectivity index (χ0) is 13.8. The lowest BCUT2D eigenvalue weighted by Crippen LogP contribution is -2.12. The summed E-state index contributed by atoms with van der Waals surface area (Å²) in [5, 5.41) is 0. The number of nitrogens with two attached hydrogens (primary N) is 1. The minimum absolute atomic E-state index is 0.172. The van der Waals surface area contributed by atoms with Gasteiger partial charge in [-0.15, -0.1) is 0 Å². The van der Waals surface area contributed by atoms with E-state index in [2.05, 4.69) is 28.7 Å². The van der Waals surface area contributed by atoms with Gasteiger partial charge in [0, 0.05) is 3.57 Å². The highest BCUT2D eigenvalue weighted by molar-refractivity contribution is 14.1. The monoisotopic (exact) mass is 369 g/mol. The van der Waals surface area contributed by atoms with Crippen molar-refractivity contribution >= 4 is 22.6 Å². The highest BCUT2D eigenvalue weighted by Gasteiger charge is 2.12. The summed E-state index contributed by atoms with van der Waals surface area (Å²) in [4.78, 5) is 0. The van der Waals surface area contributed by atoms with Crippen LogP contribution in [0.5, 0.6) is 11.5 Å². The van der Waals surface area contributed by atoms with Crippen molar-refractivity contribution < 1.29 is 9.47 Å². The van der Waals surface area contributed by atoms with Gasteiger partial charge < -0.3 is 15.2 Å². The predicted molar refractivity (Wildman–Crippen MR) is 84.7 cm³/mol. The Morgan fingerprint density at radius 1 is 0.947 bits per heavy atom. The van der Waals surface area contributed by atoms with Crippen molar-refractivity contribution in [1.82, 2.24) is 0 Å². The first-order valence-corrected chi connectivity index (χ1v) is 6.96. The van der Waals surface area contributed by atoms with E-state index in [1.54, 1.807) is 14.2 Å². The lowest BCUT2D eigenvalue weighted by atomic mass is 9.99. The average molecular weight is 369 g/mol. The Balaban J connectivity index is 2.36. The van der Waals surface area contributed by atoms with Gasteiger partial charge in [0.2, 0.25) is 0 Å². The van der Waals surface area contributed by atoms with E-state index >= 15 is 0 Å². The fraction of sp³-hybridized carbons (Fsp3) is 0.200. The normalized spacial score (nSPS) is 12.0. The zero-order valence-corrected chi connectivity index (χ0v) is 13.0. The summed E-state index contributed by atoms with van der Waals surface area (Å²) >= 11 is 2.28. The maximum Gasteiger partial charge on any atom is 0.161 e. The molecule has 0 aromatic heterocycles. The topological polar surface area (TPSA) is 44.5 Å². The Kier molecular flexibility index (Phi) is 4.66. The van der Waals surface area contributed by atoms with Crippen LogP contribution >= 0.6 is 22.6 Å². The van der Waals surface area contributed by atoms with Crippen molar-refractivity contribution in [2.75, 3.05) is 14.2 Å². The molecule has 0 fully saturated rings. The van der Waals surface area contributed by atoms with Crippen molar-refractivity contribution in [3.63, 3.8) is 0 Å². The molecule has 1 atom stereocenters. The number of hydrogen-bond donors (Lipinski definition) is 1. The standard InChI is InChI=1S/C15H16INO2/c1-18-13-7-6-11(9-14(13)19-2)15(17)10-4-3-5-12(16)8-10/h3-9,15H,17H2,1-2H3. The van der Waals surface area contributed by atoms with Gasteiger partial charge in [-0.3, -0.25) is 0 Å². The number of methoxy groups -OCH3 is 2. The molecule has 0 spiro atoms. The quantitative estimate of drug-likeness (QED) is 0.841. The van der Waals surface area contributed by atoms with Crippen LogP contribution in [0.1, 0.15) is 17.2 Å². The molecule has 3 nitrogen and oxygen atoms in total. The second-order valence-electron chi connectivity index (χ2n) is 4.15. The van der Waals surface area contributed by atoms with Crippen LogP contribution in [0.3, 0.4) is 0 Å². The molecule has 0 bridgehead atoms. The fourth-order valence-corrected chi connectivity index (χ4v) is 2.51. The number of hydrogen-bond acceptors (Lipinski definition) is 3. The summed E-state index contributed by atoms with van der Waals surface area (Å²) < 4.78 is 11.7. The molecule has 0 aliphatic rings. The fourth-order valence-electron chi connectivity index (χ4n) is 1.94. The maximum atomic E-state index is 6.30. The highest BCUT2D eigenvalue weighted by atomic mass is 127. The lowest BCUT2D eigenvalue weighted by Gasteiger charge is -2.15. The van der Waals surface area contributed by atoms with Gasteiger partial charge in [-0.1, -0.05) is 18.2 Å². The number of halogens is 1. The van der Waals surface area contributed by atoms with E-state index < -0.39 is 0 Å². The predicted octanol–water partition coefficient (Wildman–Crippen LogP) is 3.36. The molecule has 0 aliphatic carbocycles. The van der Waals surface area contributed by atoms with Crippen LogP contribution in [-0.2, 0) is 0 Å². The van der Waals surface area contributed by atoms with Gasteiger partial charge in [0.1, 0.15) is 0 Å². The summed E-state index contributed by atoms with van der Waals surface area (Å²) in [6, 6.07) is 13.8. The third kappa shape index (κ3) is 3.19. The third-order valence-corrected chi connectivity index (χ3v) is 3.65. The minimum Gasteiger partial charge on any atom is -0.493 e. The molecular weight excluding hydrogens is 353 g/mol. The molecule has 0 saturated carbocycles. The molecule has 1 unspecified atom stereocenters. The number of ether oxygens (including phenoxy) is 2. The molecule has 2 N–H and O–H groups in total. The molecule has 0 heterocycles. The van der Waals surface area contributed by atoms with Gasteiger partial charge in [0.05, 0.1) is 20.3 Å². The van der Waals surface area contributed by atoms with Crippen molar-refractivity contribution in [1.29, 1.82) is 0 Å². The summed E-state index contributed by atoms with van der Waals surface area (Å²) in [6.45, 7) is 0. The smallest absolute Gasteiger partial charge is 0.161 e. The molecule has 2 rings (SSSR count). The Bertz CT molecular complexity index is 572. The van der Waals surface area contributed by atoms with Crippen molar-refractivity contribution in [2.24, 2.45) is 5.73 Å². The van der Waals surface area contributed by atoms with Crippen LogP contribution in [0.2, 0.25) is 0 Å². The second-order valence-corrected chi connectivity index (χ2v) is 5.39. The van der Waals surface area contributed by atoms with Gasteiger partial charge in [-0.05, 0) is 58.0 Å². The van der Waals surface area contributed by atoms with Gasteiger partial charge >= 0.3 is 0 Å². The minimum atomic E-state index is -0.172. The Labute approximate surface area is 126 Å². The van der Waals surface area contributed by atoms with Crippen LogP contribution in [0.15, 0.2) is 42.5 Å². The third-order valence-electron chi connectivity index (χ3n) is 2.97. The molecule has 0 amide bonds. The summed E-state index contributed by atoms with van der Waals surface area (Å²) in [7, 11) is 3.25. The molecule has 0 aliphatic heterocycles. The van der Waals surface area contributed by atoms with E-state index in [1.165, 1.54) is 3.57 Å². The number of rotatable bonds is 4. The SMILES string of the molecule is COc1ccc(C(N)c2cccc(I)c2)cc1OC. The van der Waals surface area contributed by atoms with E-state index in [9.17, 15) is 0 Å². The van der Waals surface area contributed by atoms with Crippen LogP contribution in [-0.4, -0.2) is 14.2 Å². The largest absolute Gasteiger partial charge is 0.493 e. The molecule has 0 radical (unpaired) electrons. The van der Waals surface area contributed by atoms with Crippen LogP contribution in [0.25, 0.3) is 0 Å². The first-order chi connectivity index (χ1) is 9.15. The highest BCUT2D eigenvalue weighted by Crippen LogP contribution is 2.31. The van der Waals surface area contributed by atoms with Crippen molar-refractivity contribution in [3.05, 3.63) is 57.2 Å². The first-order valence-electron chi connectivity index (χ1n) is 5.88. The van der Waals surface area contributed by atoms with Crippen LogP contribution in [0, 0.1) is 3.57 Å². The van der Waals surface area contributed by atoms with Gasteiger partial charge in [0.15, 0.2) is 11.5 Å². The molecule has 100 valence electrons. The molecular formula is C15H16INO2. The van der Waals surface area contributed by atoms with Gasteiger partial charge in [-0.2, -0.15) is 0 Å². The van der Waals surface area contributed by atoms with Crippen LogP contribution < -0.4 is 15.2 Å². The van der Waals surface area contributed by atoms with E-state index in [0.717, 1.165) is 11.1 Å². The maximum absolute atomic E-state index is 6.30. The summed E-state index contributed by atoms with van der Waals surface area (Å²) in [6.07, 6.45) is 0. The van der Waals surface area contributed by atoms with Crippen LogP contribution in [0.4, 0.5) is 0 Å². The van der Waals surface area contributed by atoms with E-state index in [4.69, 9.17) is 15.2 Å². The lowest BCUT2D eigenvalue weighted by molar-refractivity contribution is 0.354. The first kappa shape index (κ1) is 14.1. The Hall–Kier alpha value is -1.27. The number of benzene rings is 2. The molecule has 4 heteroatoms. The van der Waals surface area contributed by atoms with Gasteiger partial charge in [-0.25, -0.2) is 0 Å². The molecule has 2 aromatic carbocycles. The van der Waals surface area contributed by atoms with E-state index in [1.807, 2.05) is 36.4 Å². The molecule has 0 saturated heterocycles. The summed E-state index contributed by atoms with van der Waals surface area (Å²) in [5.74, 6) is 1.40. The van der Waals surface area contributed by atoms with Crippen molar-refractivity contribution in [3.8, 4) is 11.5 Å². The molecule has 19 heavy (non-hydrogen) atoms. The zero-order valence-electron chi connectivity index (χ0n) is 10.9. The average Bonchev–Trinajstić information content (AvgIpc) is 2.45. The Morgan fingerprint density at radius 2 is 1.63 bits per heavy atom. The summed E-state index contributed by atoms with van der Waals surface area (Å²) in [5.41, 5.74) is 8.38.